The summed E-state index contributed by atoms with van der Waals surface area (Å²) in [6, 6.07) is 18.4. The molecule has 134 valence electrons. The lowest BCUT2D eigenvalue weighted by molar-refractivity contribution is 0.0953. The van der Waals surface area contributed by atoms with E-state index in [1.807, 2.05) is 36.5 Å². The molecule has 1 amide bonds. The van der Waals surface area contributed by atoms with Gasteiger partial charge in [-0.25, -0.2) is 0 Å². The summed E-state index contributed by atoms with van der Waals surface area (Å²) in [5, 5.41) is 3.03. The van der Waals surface area contributed by atoms with Gasteiger partial charge < -0.3 is 14.6 Å². The summed E-state index contributed by atoms with van der Waals surface area (Å²) in [6.45, 7) is 1.72. The molecule has 2 aromatic heterocycles. The summed E-state index contributed by atoms with van der Waals surface area (Å²) in [4.78, 5) is 14.8. The van der Waals surface area contributed by atoms with E-state index in [2.05, 4.69) is 45.9 Å². The molecule has 0 bridgehead atoms. The van der Waals surface area contributed by atoms with E-state index in [4.69, 9.17) is 0 Å². The zero-order chi connectivity index (χ0) is 17.9. The smallest absolute Gasteiger partial charge is 0.252 e. The SMILES string of the molecule is CN(CC1CC1)c1ccc2ccc(C(=O)NCCc3ccccc3)cn12. The molecule has 0 atom stereocenters. The van der Waals surface area contributed by atoms with Crippen molar-refractivity contribution in [1.82, 2.24) is 9.72 Å². The summed E-state index contributed by atoms with van der Waals surface area (Å²) in [5.74, 6) is 1.95. The predicted molar refractivity (Wildman–Crippen MR) is 106 cm³/mol. The van der Waals surface area contributed by atoms with Crippen molar-refractivity contribution in [2.75, 3.05) is 25.0 Å². The average molecular weight is 347 g/mol. The summed E-state index contributed by atoms with van der Waals surface area (Å²) >= 11 is 0. The number of pyridine rings is 1. The molecule has 2 heterocycles. The number of hydrogen-bond donors (Lipinski definition) is 1. The van der Waals surface area contributed by atoms with Gasteiger partial charge in [0.1, 0.15) is 5.82 Å². The summed E-state index contributed by atoms with van der Waals surface area (Å²) < 4.78 is 2.12. The van der Waals surface area contributed by atoms with Crippen LogP contribution in [0.4, 0.5) is 5.82 Å². The Hall–Kier alpha value is -2.75. The van der Waals surface area contributed by atoms with E-state index in [9.17, 15) is 4.79 Å². The van der Waals surface area contributed by atoms with Gasteiger partial charge in [0, 0.05) is 31.9 Å². The first-order valence-electron chi connectivity index (χ1n) is 9.35. The molecule has 4 heteroatoms. The fraction of sp³-hybridized carbons (Fsp3) is 0.318. The molecule has 0 aliphatic heterocycles. The Morgan fingerprint density at radius 1 is 1.12 bits per heavy atom. The van der Waals surface area contributed by atoms with Crippen LogP contribution in [-0.2, 0) is 6.42 Å². The molecule has 0 spiro atoms. The number of carbonyl (C=O) groups is 1. The highest BCUT2D eigenvalue weighted by molar-refractivity contribution is 5.94. The van der Waals surface area contributed by atoms with E-state index in [1.54, 1.807) is 0 Å². The van der Waals surface area contributed by atoms with Crippen LogP contribution in [0.3, 0.4) is 0 Å². The Labute approximate surface area is 154 Å². The van der Waals surface area contributed by atoms with Gasteiger partial charge in [-0.3, -0.25) is 4.79 Å². The molecular weight excluding hydrogens is 322 g/mol. The van der Waals surface area contributed by atoms with Gasteiger partial charge in [0.25, 0.3) is 5.91 Å². The highest BCUT2D eigenvalue weighted by atomic mass is 16.1. The van der Waals surface area contributed by atoms with Crippen LogP contribution in [-0.4, -0.2) is 30.4 Å². The first-order valence-corrected chi connectivity index (χ1v) is 9.35. The number of rotatable bonds is 7. The van der Waals surface area contributed by atoms with Crippen molar-refractivity contribution < 1.29 is 4.79 Å². The number of anilines is 1. The Kier molecular flexibility index (Phi) is 4.65. The largest absolute Gasteiger partial charge is 0.361 e. The second-order valence-electron chi connectivity index (χ2n) is 7.22. The van der Waals surface area contributed by atoms with Crippen molar-refractivity contribution in [3.8, 4) is 0 Å². The molecular formula is C22H25N3O. The van der Waals surface area contributed by atoms with Gasteiger partial charge in [-0.2, -0.15) is 0 Å². The third-order valence-electron chi connectivity index (χ3n) is 5.05. The number of nitrogens with zero attached hydrogens (tertiary/aromatic N) is 2. The van der Waals surface area contributed by atoms with E-state index in [1.165, 1.54) is 18.4 Å². The summed E-state index contributed by atoms with van der Waals surface area (Å²) in [6.07, 6.45) is 5.46. The molecule has 0 unspecified atom stereocenters. The molecule has 1 saturated carbocycles. The first kappa shape index (κ1) is 16.7. The normalized spacial score (nSPS) is 13.7. The number of nitrogens with one attached hydrogen (secondary N) is 1. The van der Waals surface area contributed by atoms with Crippen molar-refractivity contribution >= 4 is 17.2 Å². The molecule has 1 N–H and O–H groups in total. The molecule has 1 aliphatic carbocycles. The Balaban J connectivity index is 1.44. The van der Waals surface area contributed by atoms with Crippen molar-refractivity contribution in [3.63, 3.8) is 0 Å². The van der Waals surface area contributed by atoms with E-state index in [0.29, 0.717) is 12.1 Å². The zero-order valence-corrected chi connectivity index (χ0v) is 15.2. The van der Waals surface area contributed by atoms with Crippen LogP contribution in [0.15, 0.2) is 60.8 Å². The molecule has 4 rings (SSSR count). The van der Waals surface area contributed by atoms with Crippen molar-refractivity contribution in [2.24, 2.45) is 5.92 Å². The molecule has 0 saturated heterocycles. The lowest BCUT2D eigenvalue weighted by Crippen LogP contribution is -2.26. The van der Waals surface area contributed by atoms with Gasteiger partial charge in [-0.1, -0.05) is 30.3 Å². The second-order valence-corrected chi connectivity index (χ2v) is 7.22. The minimum Gasteiger partial charge on any atom is -0.361 e. The molecule has 3 aromatic rings. The highest BCUT2D eigenvalue weighted by Crippen LogP contribution is 2.31. The van der Waals surface area contributed by atoms with E-state index >= 15 is 0 Å². The number of benzene rings is 1. The number of carbonyl (C=O) groups excluding carboxylic acids is 1. The fourth-order valence-corrected chi connectivity index (χ4v) is 3.38. The van der Waals surface area contributed by atoms with Crippen LogP contribution < -0.4 is 10.2 Å². The Morgan fingerprint density at radius 3 is 2.65 bits per heavy atom. The number of amides is 1. The Morgan fingerprint density at radius 2 is 1.88 bits per heavy atom. The van der Waals surface area contributed by atoms with Crippen LogP contribution in [0.25, 0.3) is 5.52 Å². The van der Waals surface area contributed by atoms with E-state index < -0.39 is 0 Å². The second kappa shape index (κ2) is 7.24. The molecule has 1 aliphatic rings. The van der Waals surface area contributed by atoms with E-state index in [-0.39, 0.29) is 5.91 Å². The van der Waals surface area contributed by atoms with Crippen LogP contribution in [0.2, 0.25) is 0 Å². The topological polar surface area (TPSA) is 36.8 Å². The van der Waals surface area contributed by atoms with Crippen LogP contribution >= 0.6 is 0 Å². The third kappa shape index (κ3) is 3.74. The number of aromatic nitrogens is 1. The molecule has 0 radical (unpaired) electrons. The molecule has 1 aromatic carbocycles. The van der Waals surface area contributed by atoms with Gasteiger partial charge in [-0.15, -0.1) is 0 Å². The van der Waals surface area contributed by atoms with Gasteiger partial charge in [0.05, 0.1) is 5.56 Å². The van der Waals surface area contributed by atoms with Crippen molar-refractivity contribution in [1.29, 1.82) is 0 Å². The molecule has 26 heavy (non-hydrogen) atoms. The van der Waals surface area contributed by atoms with Gasteiger partial charge in [0.15, 0.2) is 0 Å². The summed E-state index contributed by atoms with van der Waals surface area (Å²) in [5.41, 5.74) is 3.05. The fourth-order valence-electron chi connectivity index (χ4n) is 3.38. The minimum absolute atomic E-state index is 0.0210. The van der Waals surface area contributed by atoms with Gasteiger partial charge in [-0.05, 0) is 55.0 Å². The number of hydrogen-bond acceptors (Lipinski definition) is 2. The zero-order valence-electron chi connectivity index (χ0n) is 15.2. The summed E-state index contributed by atoms with van der Waals surface area (Å²) in [7, 11) is 2.13. The maximum absolute atomic E-state index is 12.5. The first-order chi connectivity index (χ1) is 12.7. The highest BCUT2D eigenvalue weighted by Gasteiger charge is 2.23. The lowest BCUT2D eigenvalue weighted by Gasteiger charge is -2.19. The minimum atomic E-state index is -0.0210. The van der Waals surface area contributed by atoms with Crippen molar-refractivity contribution in [2.45, 2.75) is 19.3 Å². The van der Waals surface area contributed by atoms with Crippen LogP contribution in [0, 0.1) is 5.92 Å². The van der Waals surface area contributed by atoms with Crippen LogP contribution in [0.5, 0.6) is 0 Å². The Bertz CT molecular complexity index is 896. The average Bonchev–Trinajstić information content (AvgIpc) is 3.37. The standard InChI is InChI=1S/C22H25N3O/c1-24(15-18-7-8-18)21-12-11-20-10-9-19(16-25(20)21)22(26)23-14-13-17-5-3-2-4-6-17/h2-6,9-12,16,18H,7-8,13-15H2,1H3,(H,23,26). The van der Waals surface area contributed by atoms with E-state index in [0.717, 1.165) is 30.2 Å². The number of fused-ring (bicyclic) bond motifs is 1. The lowest BCUT2D eigenvalue weighted by atomic mass is 10.1. The van der Waals surface area contributed by atoms with Crippen LogP contribution in [0.1, 0.15) is 28.8 Å². The van der Waals surface area contributed by atoms with Gasteiger partial charge in [0.2, 0.25) is 0 Å². The molecule has 4 nitrogen and oxygen atoms in total. The quantitative estimate of drug-likeness (QED) is 0.706. The predicted octanol–water partition coefficient (Wildman–Crippen LogP) is 3.76. The molecule has 1 fully saturated rings. The third-order valence-corrected chi connectivity index (χ3v) is 5.05. The maximum Gasteiger partial charge on any atom is 0.252 e. The maximum atomic E-state index is 12.5. The monoisotopic (exact) mass is 347 g/mol. The van der Waals surface area contributed by atoms with Crippen molar-refractivity contribution in [3.05, 3.63) is 71.9 Å². The van der Waals surface area contributed by atoms with Gasteiger partial charge >= 0.3 is 0 Å².